The molecule has 2 aromatic carbocycles. The van der Waals surface area contributed by atoms with E-state index in [1.165, 1.54) is 0 Å². The summed E-state index contributed by atoms with van der Waals surface area (Å²) < 4.78 is 2.08. The number of hydrogen-bond donors (Lipinski definition) is 1. The maximum atomic E-state index is 12.5. The number of anilines is 1. The van der Waals surface area contributed by atoms with E-state index in [9.17, 15) is 10.1 Å². The van der Waals surface area contributed by atoms with Crippen molar-refractivity contribution in [1.82, 2.24) is 4.57 Å². The minimum Gasteiger partial charge on any atom is -0.321 e. The number of aromatic nitrogens is 1. The molecular weight excluding hydrogens is 370 g/mol. The van der Waals surface area contributed by atoms with Gasteiger partial charge in [0.1, 0.15) is 11.6 Å². The van der Waals surface area contributed by atoms with Crippen LogP contribution in [0.15, 0.2) is 60.2 Å². The van der Waals surface area contributed by atoms with E-state index in [0.717, 1.165) is 28.2 Å². The van der Waals surface area contributed by atoms with Crippen molar-refractivity contribution in [3.05, 3.63) is 87.7 Å². The Hall–Kier alpha value is -3.29. The second-order valence-corrected chi connectivity index (χ2v) is 6.94. The molecule has 0 aliphatic rings. The van der Waals surface area contributed by atoms with Gasteiger partial charge >= 0.3 is 0 Å². The zero-order chi connectivity index (χ0) is 20.3. The third-order valence-electron chi connectivity index (χ3n) is 4.65. The van der Waals surface area contributed by atoms with Crippen LogP contribution in [0.3, 0.4) is 0 Å². The van der Waals surface area contributed by atoms with Gasteiger partial charge in [0.2, 0.25) is 0 Å². The lowest BCUT2D eigenvalue weighted by atomic mass is 10.1. The standard InChI is InChI=1S/C23H20ClN3O/c1-15-12-18(17(3)27(15)22-11-7-10-21(24)16(22)2)13-19(14-25)23(28)26-20-8-5-4-6-9-20/h4-13H,1-3H3,(H,26,28)/b19-13-. The van der Waals surface area contributed by atoms with Gasteiger partial charge in [-0.3, -0.25) is 4.79 Å². The molecule has 1 N–H and O–H groups in total. The van der Waals surface area contributed by atoms with Crippen LogP contribution in [0.1, 0.15) is 22.5 Å². The molecule has 140 valence electrons. The topological polar surface area (TPSA) is 57.8 Å². The molecule has 4 nitrogen and oxygen atoms in total. The Balaban J connectivity index is 1.99. The number of aryl methyl sites for hydroxylation is 1. The van der Waals surface area contributed by atoms with E-state index < -0.39 is 5.91 Å². The summed E-state index contributed by atoms with van der Waals surface area (Å²) in [5.41, 5.74) is 5.40. The molecule has 1 heterocycles. The molecule has 1 amide bonds. The van der Waals surface area contributed by atoms with Crippen molar-refractivity contribution in [3.8, 4) is 11.8 Å². The van der Waals surface area contributed by atoms with E-state index in [0.29, 0.717) is 10.7 Å². The van der Waals surface area contributed by atoms with Gasteiger partial charge in [0, 0.05) is 27.8 Å². The number of carbonyl (C=O) groups excluding carboxylic acids is 1. The summed E-state index contributed by atoms with van der Waals surface area (Å²) >= 11 is 6.28. The van der Waals surface area contributed by atoms with Gasteiger partial charge < -0.3 is 9.88 Å². The number of nitrogens with one attached hydrogen (secondary N) is 1. The predicted molar refractivity (Wildman–Crippen MR) is 114 cm³/mol. The first-order valence-corrected chi connectivity index (χ1v) is 9.22. The molecule has 0 spiro atoms. The lowest BCUT2D eigenvalue weighted by molar-refractivity contribution is -0.112. The van der Waals surface area contributed by atoms with Crippen molar-refractivity contribution in [2.45, 2.75) is 20.8 Å². The van der Waals surface area contributed by atoms with Crippen LogP contribution in [0.25, 0.3) is 11.8 Å². The zero-order valence-corrected chi connectivity index (χ0v) is 16.7. The molecule has 5 heteroatoms. The number of hydrogen-bond acceptors (Lipinski definition) is 2. The van der Waals surface area contributed by atoms with Crippen molar-refractivity contribution < 1.29 is 4.79 Å². The van der Waals surface area contributed by atoms with E-state index in [1.54, 1.807) is 18.2 Å². The van der Waals surface area contributed by atoms with Gasteiger partial charge in [-0.05, 0) is 68.3 Å². The average molecular weight is 390 g/mol. The fourth-order valence-electron chi connectivity index (χ4n) is 3.17. The molecule has 1 aromatic heterocycles. The Bertz CT molecular complexity index is 1100. The molecule has 0 atom stereocenters. The molecule has 0 bridgehead atoms. The molecule has 3 aromatic rings. The highest BCUT2D eigenvalue weighted by molar-refractivity contribution is 6.31. The summed E-state index contributed by atoms with van der Waals surface area (Å²) in [6, 6.07) is 18.8. The van der Waals surface area contributed by atoms with Crippen LogP contribution >= 0.6 is 11.6 Å². The van der Waals surface area contributed by atoms with Gasteiger partial charge in [0.05, 0.1) is 0 Å². The van der Waals surface area contributed by atoms with E-state index >= 15 is 0 Å². The van der Waals surface area contributed by atoms with Crippen LogP contribution in [0.5, 0.6) is 0 Å². The number of rotatable bonds is 4. The number of halogens is 1. The molecule has 0 unspecified atom stereocenters. The fourth-order valence-corrected chi connectivity index (χ4v) is 3.34. The number of nitriles is 1. The van der Waals surface area contributed by atoms with E-state index in [-0.39, 0.29) is 5.57 Å². The van der Waals surface area contributed by atoms with Crippen molar-refractivity contribution in [2.24, 2.45) is 0 Å². The lowest BCUT2D eigenvalue weighted by Gasteiger charge is -2.13. The zero-order valence-electron chi connectivity index (χ0n) is 16.0. The molecular formula is C23H20ClN3O. The molecule has 28 heavy (non-hydrogen) atoms. The Kier molecular flexibility index (Phi) is 5.67. The van der Waals surface area contributed by atoms with Crippen molar-refractivity contribution in [2.75, 3.05) is 5.32 Å². The lowest BCUT2D eigenvalue weighted by Crippen LogP contribution is -2.13. The number of carbonyl (C=O) groups is 1. The first-order chi connectivity index (χ1) is 13.4. The Morgan fingerprint density at radius 2 is 1.82 bits per heavy atom. The molecule has 0 saturated carbocycles. The SMILES string of the molecule is Cc1c(Cl)cccc1-n1c(C)cc(/C=C(/C#N)C(=O)Nc2ccccc2)c1C. The Morgan fingerprint density at radius 3 is 2.50 bits per heavy atom. The second kappa shape index (κ2) is 8.16. The minimum absolute atomic E-state index is 0.0481. The van der Waals surface area contributed by atoms with E-state index in [1.807, 2.05) is 69.3 Å². The van der Waals surface area contributed by atoms with Gasteiger partial charge in [-0.2, -0.15) is 5.26 Å². The van der Waals surface area contributed by atoms with Crippen LogP contribution in [0.2, 0.25) is 5.02 Å². The quantitative estimate of drug-likeness (QED) is 0.466. The first kappa shape index (κ1) is 19.5. The van der Waals surface area contributed by atoms with Crippen molar-refractivity contribution in [3.63, 3.8) is 0 Å². The van der Waals surface area contributed by atoms with E-state index in [4.69, 9.17) is 11.6 Å². The monoisotopic (exact) mass is 389 g/mol. The Labute approximate surface area is 169 Å². The summed E-state index contributed by atoms with van der Waals surface area (Å²) in [6.45, 7) is 5.92. The van der Waals surface area contributed by atoms with Crippen LogP contribution in [-0.2, 0) is 4.79 Å². The molecule has 0 fully saturated rings. The van der Waals surface area contributed by atoms with E-state index in [2.05, 4.69) is 9.88 Å². The van der Waals surface area contributed by atoms with Crippen LogP contribution < -0.4 is 5.32 Å². The fraction of sp³-hybridized carbons (Fsp3) is 0.130. The molecule has 0 aliphatic carbocycles. The highest BCUT2D eigenvalue weighted by Crippen LogP contribution is 2.28. The van der Waals surface area contributed by atoms with Crippen LogP contribution in [0, 0.1) is 32.1 Å². The van der Waals surface area contributed by atoms with Crippen LogP contribution in [-0.4, -0.2) is 10.5 Å². The molecule has 0 saturated heterocycles. The van der Waals surface area contributed by atoms with Gasteiger partial charge in [-0.1, -0.05) is 35.9 Å². The van der Waals surface area contributed by atoms with Gasteiger partial charge in [0.15, 0.2) is 0 Å². The van der Waals surface area contributed by atoms with Crippen molar-refractivity contribution >= 4 is 29.3 Å². The highest BCUT2D eigenvalue weighted by Gasteiger charge is 2.15. The van der Waals surface area contributed by atoms with Crippen molar-refractivity contribution in [1.29, 1.82) is 5.26 Å². The second-order valence-electron chi connectivity index (χ2n) is 6.54. The average Bonchev–Trinajstić information content (AvgIpc) is 2.96. The van der Waals surface area contributed by atoms with Crippen LogP contribution in [0.4, 0.5) is 5.69 Å². The summed E-state index contributed by atoms with van der Waals surface area (Å²) in [5, 5.41) is 12.9. The molecule has 3 rings (SSSR count). The number of nitrogens with zero attached hydrogens (tertiary/aromatic N) is 2. The third-order valence-corrected chi connectivity index (χ3v) is 5.06. The van der Waals surface area contributed by atoms with Gasteiger partial charge in [0.25, 0.3) is 5.91 Å². The summed E-state index contributed by atoms with van der Waals surface area (Å²) in [6.07, 6.45) is 1.62. The molecule has 0 radical (unpaired) electrons. The minimum atomic E-state index is -0.433. The number of benzene rings is 2. The highest BCUT2D eigenvalue weighted by atomic mass is 35.5. The Morgan fingerprint density at radius 1 is 1.11 bits per heavy atom. The number of para-hydroxylation sites is 1. The maximum Gasteiger partial charge on any atom is 0.266 e. The smallest absolute Gasteiger partial charge is 0.266 e. The van der Waals surface area contributed by atoms with Gasteiger partial charge in [-0.15, -0.1) is 0 Å². The largest absolute Gasteiger partial charge is 0.321 e. The predicted octanol–water partition coefficient (Wildman–Crippen LogP) is 5.60. The normalized spacial score (nSPS) is 11.2. The summed E-state index contributed by atoms with van der Waals surface area (Å²) in [4.78, 5) is 12.5. The molecule has 0 aliphatic heterocycles. The summed E-state index contributed by atoms with van der Waals surface area (Å²) in [7, 11) is 0. The van der Waals surface area contributed by atoms with Gasteiger partial charge in [-0.25, -0.2) is 0 Å². The first-order valence-electron chi connectivity index (χ1n) is 8.85. The third kappa shape index (κ3) is 3.85. The maximum absolute atomic E-state index is 12.5. The number of amides is 1. The summed E-state index contributed by atoms with van der Waals surface area (Å²) in [5.74, 6) is -0.433.